The van der Waals surface area contributed by atoms with Crippen molar-refractivity contribution in [2.45, 2.75) is 31.9 Å². The Morgan fingerprint density at radius 1 is 1.28 bits per heavy atom. The smallest absolute Gasteiger partial charge is 0.123 e. The van der Waals surface area contributed by atoms with Gasteiger partial charge in [-0.1, -0.05) is 17.7 Å². The lowest BCUT2D eigenvalue weighted by Gasteiger charge is -2.27. The summed E-state index contributed by atoms with van der Waals surface area (Å²) in [6.07, 6.45) is 2.76. The Hall–Kier alpha value is -1.06. The first kappa shape index (κ1) is 13.4. The average molecular weight is 249 g/mol. The summed E-state index contributed by atoms with van der Waals surface area (Å²) in [5, 5.41) is 3.39. The maximum atomic E-state index is 5.70. The monoisotopic (exact) mass is 249 g/mol. The molecule has 0 heterocycles. The van der Waals surface area contributed by atoms with Gasteiger partial charge in [0.25, 0.3) is 0 Å². The van der Waals surface area contributed by atoms with Gasteiger partial charge in [0.15, 0.2) is 0 Å². The molecule has 1 aliphatic rings. The standard InChI is InChI=1S/C15H23NO2/c1-10-5-8-13(17-3)12(9-10)14(16-2)15(18-4)11-6-7-11/h5,8-9,11,14-16H,6-7H2,1-4H3. The van der Waals surface area contributed by atoms with E-state index < -0.39 is 0 Å². The van der Waals surface area contributed by atoms with Crippen LogP contribution in [-0.4, -0.2) is 27.4 Å². The Morgan fingerprint density at radius 2 is 2.00 bits per heavy atom. The van der Waals surface area contributed by atoms with Crippen LogP contribution in [0.15, 0.2) is 18.2 Å². The molecule has 3 heteroatoms. The predicted octanol–water partition coefficient (Wildman–Crippen LogP) is 2.69. The van der Waals surface area contributed by atoms with E-state index >= 15 is 0 Å². The fourth-order valence-corrected chi connectivity index (χ4v) is 2.62. The lowest BCUT2D eigenvalue weighted by molar-refractivity contribution is 0.0523. The van der Waals surface area contributed by atoms with Crippen molar-refractivity contribution in [1.82, 2.24) is 5.32 Å². The van der Waals surface area contributed by atoms with Gasteiger partial charge in [-0.05, 0) is 38.8 Å². The van der Waals surface area contributed by atoms with Gasteiger partial charge < -0.3 is 14.8 Å². The first-order chi connectivity index (χ1) is 8.71. The van der Waals surface area contributed by atoms with E-state index in [1.165, 1.54) is 24.0 Å². The normalized spacial score (nSPS) is 18.4. The van der Waals surface area contributed by atoms with Gasteiger partial charge in [-0.2, -0.15) is 0 Å². The highest BCUT2D eigenvalue weighted by Crippen LogP contribution is 2.41. The molecule has 1 aliphatic carbocycles. The van der Waals surface area contributed by atoms with E-state index in [1.807, 2.05) is 13.1 Å². The van der Waals surface area contributed by atoms with E-state index in [0.717, 1.165) is 5.75 Å². The minimum absolute atomic E-state index is 0.192. The lowest BCUT2D eigenvalue weighted by Crippen LogP contribution is -2.33. The SMILES string of the molecule is CNC(c1cc(C)ccc1OC)C(OC)C1CC1. The summed E-state index contributed by atoms with van der Waals surface area (Å²) >= 11 is 0. The molecule has 2 unspecified atom stereocenters. The van der Waals surface area contributed by atoms with Crippen molar-refractivity contribution in [2.24, 2.45) is 5.92 Å². The number of hydrogen-bond acceptors (Lipinski definition) is 3. The zero-order valence-corrected chi connectivity index (χ0v) is 11.7. The van der Waals surface area contributed by atoms with E-state index in [-0.39, 0.29) is 12.1 Å². The maximum Gasteiger partial charge on any atom is 0.123 e. The molecule has 0 spiro atoms. The quantitative estimate of drug-likeness (QED) is 0.841. The highest BCUT2D eigenvalue weighted by Gasteiger charge is 2.37. The molecular formula is C15H23NO2. The van der Waals surface area contributed by atoms with Crippen molar-refractivity contribution in [3.8, 4) is 5.75 Å². The third kappa shape index (κ3) is 2.68. The number of rotatable bonds is 6. The molecule has 0 amide bonds. The summed E-state index contributed by atoms with van der Waals surface area (Å²) in [6, 6.07) is 6.49. The van der Waals surface area contributed by atoms with Crippen LogP contribution in [0.25, 0.3) is 0 Å². The molecule has 0 aliphatic heterocycles. The minimum atomic E-state index is 0.192. The first-order valence-electron chi connectivity index (χ1n) is 6.55. The summed E-state index contributed by atoms with van der Waals surface area (Å²) in [4.78, 5) is 0. The molecule has 0 bridgehead atoms. The van der Waals surface area contributed by atoms with Gasteiger partial charge in [-0.15, -0.1) is 0 Å². The topological polar surface area (TPSA) is 30.5 Å². The number of aryl methyl sites for hydroxylation is 1. The summed E-state index contributed by atoms with van der Waals surface area (Å²) in [5.41, 5.74) is 2.44. The summed E-state index contributed by atoms with van der Waals surface area (Å²) in [6.45, 7) is 2.11. The van der Waals surface area contributed by atoms with Gasteiger partial charge in [0, 0.05) is 12.7 Å². The molecule has 1 saturated carbocycles. The van der Waals surface area contributed by atoms with Crippen LogP contribution in [-0.2, 0) is 4.74 Å². The van der Waals surface area contributed by atoms with Gasteiger partial charge in [-0.3, -0.25) is 0 Å². The molecule has 0 aromatic heterocycles. The number of benzene rings is 1. The molecule has 1 N–H and O–H groups in total. The largest absolute Gasteiger partial charge is 0.496 e. The van der Waals surface area contributed by atoms with Crippen LogP contribution < -0.4 is 10.1 Å². The Labute approximate surface area is 109 Å². The average Bonchev–Trinajstić information content (AvgIpc) is 3.20. The van der Waals surface area contributed by atoms with Crippen LogP contribution in [0.3, 0.4) is 0 Å². The van der Waals surface area contributed by atoms with Crippen molar-refractivity contribution >= 4 is 0 Å². The molecule has 1 fully saturated rings. The fraction of sp³-hybridized carbons (Fsp3) is 0.600. The highest BCUT2D eigenvalue weighted by molar-refractivity contribution is 5.40. The van der Waals surface area contributed by atoms with E-state index in [2.05, 4.69) is 24.4 Å². The maximum absolute atomic E-state index is 5.70. The van der Waals surface area contributed by atoms with Gasteiger partial charge in [0.1, 0.15) is 5.75 Å². The Kier molecular flexibility index (Phi) is 4.25. The Bertz CT molecular complexity index is 401. The fourth-order valence-electron chi connectivity index (χ4n) is 2.62. The highest BCUT2D eigenvalue weighted by atomic mass is 16.5. The van der Waals surface area contributed by atoms with Crippen molar-refractivity contribution in [3.05, 3.63) is 29.3 Å². The molecule has 2 atom stereocenters. The second-order valence-electron chi connectivity index (χ2n) is 5.05. The molecule has 2 rings (SSSR count). The Balaban J connectivity index is 2.33. The van der Waals surface area contributed by atoms with E-state index in [0.29, 0.717) is 5.92 Å². The molecule has 100 valence electrons. The molecule has 0 radical (unpaired) electrons. The molecule has 1 aromatic rings. The predicted molar refractivity (Wildman–Crippen MR) is 73.1 cm³/mol. The number of nitrogens with one attached hydrogen (secondary N) is 1. The summed E-state index contributed by atoms with van der Waals surface area (Å²) in [7, 11) is 5.51. The van der Waals surface area contributed by atoms with Crippen LogP contribution >= 0.6 is 0 Å². The van der Waals surface area contributed by atoms with Gasteiger partial charge >= 0.3 is 0 Å². The van der Waals surface area contributed by atoms with Gasteiger partial charge in [-0.25, -0.2) is 0 Å². The molecule has 3 nitrogen and oxygen atoms in total. The van der Waals surface area contributed by atoms with Crippen LogP contribution in [0.5, 0.6) is 5.75 Å². The first-order valence-corrected chi connectivity index (χ1v) is 6.55. The third-order valence-corrected chi connectivity index (χ3v) is 3.72. The number of methoxy groups -OCH3 is 2. The van der Waals surface area contributed by atoms with Crippen LogP contribution in [0.4, 0.5) is 0 Å². The number of likely N-dealkylation sites (N-methyl/N-ethyl adjacent to an activating group) is 1. The zero-order chi connectivity index (χ0) is 13.1. The van der Waals surface area contributed by atoms with E-state index in [9.17, 15) is 0 Å². The second kappa shape index (κ2) is 5.72. The molecular weight excluding hydrogens is 226 g/mol. The van der Waals surface area contributed by atoms with Crippen molar-refractivity contribution in [1.29, 1.82) is 0 Å². The van der Waals surface area contributed by atoms with Gasteiger partial charge in [0.05, 0.1) is 19.3 Å². The van der Waals surface area contributed by atoms with Crippen molar-refractivity contribution in [2.75, 3.05) is 21.3 Å². The molecule has 1 aromatic carbocycles. The number of hydrogen-bond donors (Lipinski definition) is 1. The van der Waals surface area contributed by atoms with Crippen molar-refractivity contribution < 1.29 is 9.47 Å². The number of ether oxygens (including phenoxy) is 2. The lowest BCUT2D eigenvalue weighted by atomic mass is 9.96. The Morgan fingerprint density at radius 3 is 2.50 bits per heavy atom. The van der Waals surface area contributed by atoms with Crippen molar-refractivity contribution in [3.63, 3.8) is 0 Å². The molecule has 0 saturated heterocycles. The van der Waals surface area contributed by atoms with Gasteiger partial charge in [0.2, 0.25) is 0 Å². The molecule has 18 heavy (non-hydrogen) atoms. The van der Waals surface area contributed by atoms with Crippen LogP contribution in [0, 0.1) is 12.8 Å². The minimum Gasteiger partial charge on any atom is -0.496 e. The second-order valence-corrected chi connectivity index (χ2v) is 5.05. The van der Waals surface area contributed by atoms with Crippen LogP contribution in [0.1, 0.15) is 30.0 Å². The summed E-state index contributed by atoms with van der Waals surface area (Å²) < 4.78 is 11.2. The van der Waals surface area contributed by atoms with E-state index in [4.69, 9.17) is 9.47 Å². The summed E-state index contributed by atoms with van der Waals surface area (Å²) in [5.74, 6) is 1.61. The zero-order valence-electron chi connectivity index (χ0n) is 11.7. The van der Waals surface area contributed by atoms with E-state index in [1.54, 1.807) is 14.2 Å². The third-order valence-electron chi connectivity index (χ3n) is 3.72. The van der Waals surface area contributed by atoms with Crippen LogP contribution in [0.2, 0.25) is 0 Å².